The van der Waals surface area contributed by atoms with Gasteiger partial charge in [-0.2, -0.15) is 0 Å². The van der Waals surface area contributed by atoms with Gasteiger partial charge in [0, 0.05) is 31.8 Å². The van der Waals surface area contributed by atoms with Crippen LogP contribution in [0.25, 0.3) is 0 Å². The van der Waals surface area contributed by atoms with E-state index in [1.807, 2.05) is 0 Å². The highest BCUT2D eigenvalue weighted by atomic mass is 16.5. The number of carbonyl (C=O) groups is 1. The Hall–Kier alpha value is -1.55. The second-order valence-electron chi connectivity index (χ2n) is 5.89. The lowest BCUT2D eigenvalue weighted by Gasteiger charge is -2.14. The Kier molecular flexibility index (Phi) is 5.62. The molecule has 0 radical (unpaired) electrons. The fourth-order valence-corrected chi connectivity index (χ4v) is 2.88. The maximum absolute atomic E-state index is 11.8. The molecule has 116 valence electrons. The van der Waals surface area contributed by atoms with Gasteiger partial charge in [0.05, 0.1) is 6.10 Å². The zero-order chi connectivity index (χ0) is 15.2. The second kappa shape index (κ2) is 7.46. The van der Waals surface area contributed by atoms with Crippen molar-refractivity contribution in [3.63, 3.8) is 0 Å². The summed E-state index contributed by atoms with van der Waals surface area (Å²) in [5.41, 5.74) is 4.87. The standard InChI is InChI=1S/C17H26N2O2/c1-12-9-13(2)17(14(3)10-12)18-7-6-16(20)19-11-15-5-4-8-21-15/h9-10,15,18H,4-8,11H2,1-3H3,(H,19,20). The van der Waals surface area contributed by atoms with E-state index in [4.69, 9.17) is 4.74 Å². The van der Waals surface area contributed by atoms with Crippen LogP contribution in [0, 0.1) is 20.8 Å². The number of hydrogen-bond acceptors (Lipinski definition) is 3. The molecule has 1 saturated heterocycles. The molecule has 1 aliphatic rings. The van der Waals surface area contributed by atoms with Crippen molar-refractivity contribution in [2.75, 3.05) is 25.0 Å². The van der Waals surface area contributed by atoms with Gasteiger partial charge in [0.25, 0.3) is 0 Å². The van der Waals surface area contributed by atoms with Gasteiger partial charge in [0.15, 0.2) is 0 Å². The lowest BCUT2D eigenvalue weighted by molar-refractivity contribution is -0.121. The molecule has 21 heavy (non-hydrogen) atoms. The summed E-state index contributed by atoms with van der Waals surface area (Å²) in [6.45, 7) is 8.42. The molecule has 0 aliphatic carbocycles. The van der Waals surface area contributed by atoms with Crippen LogP contribution in [-0.2, 0) is 9.53 Å². The summed E-state index contributed by atoms with van der Waals surface area (Å²) in [7, 11) is 0. The van der Waals surface area contributed by atoms with Crippen molar-refractivity contribution in [2.24, 2.45) is 0 Å². The topological polar surface area (TPSA) is 50.4 Å². The number of rotatable bonds is 6. The van der Waals surface area contributed by atoms with Crippen LogP contribution in [0.1, 0.15) is 36.0 Å². The van der Waals surface area contributed by atoms with Crippen LogP contribution >= 0.6 is 0 Å². The summed E-state index contributed by atoms with van der Waals surface area (Å²) in [5.74, 6) is 0.0837. The first kappa shape index (κ1) is 15.8. The highest BCUT2D eigenvalue weighted by Gasteiger charge is 2.15. The zero-order valence-corrected chi connectivity index (χ0v) is 13.3. The van der Waals surface area contributed by atoms with Crippen molar-refractivity contribution >= 4 is 11.6 Å². The van der Waals surface area contributed by atoms with E-state index in [-0.39, 0.29) is 12.0 Å². The first-order chi connectivity index (χ1) is 10.1. The highest BCUT2D eigenvalue weighted by Crippen LogP contribution is 2.21. The average molecular weight is 290 g/mol. The van der Waals surface area contributed by atoms with Crippen LogP contribution < -0.4 is 10.6 Å². The number of hydrogen-bond donors (Lipinski definition) is 2. The molecule has 1 atom stereocenters. The van der Waals surface area contributed by atoms with E-state index in [9.17, 15) is 4.79 Å². The van der Waals surface area contributed by atoms with Gasteiger partial charge in [-0.05, 0) is 44.7 Å². The smallest absolute Gasteiger partial charge is 0.221 e. The molecule has 0 aromatic heterocycles. The normalized spacial score (nSPS) is 17.8. The molecule has 0 saturated carbocycles. The molecule has 1 heterocycles. The molecular formula is C17H26N2O2. The monoisotopic (exact) mass is 290 g/mol. The second-order valence-corrected chi connectivity index (χ2v) is 5.89. The molecule has 1 unspecified atom stereocenters. The zero-order valence-electron chi connectivity index (χ0n) is 13.3. The van der Waals surface area contributed by atoms with E-state index >= 15 is 0 Å². The summed E-state index contributed by atoms with van der Waals surface area (Å²) in [6.07, 6.45) is 2.86. The van der Waals surface area contributed by atoms with Crippen LogP contribution in [0.2, 0.25) is 0 Å². The Morgan fingerprint density at radius 3 is 2.62 bits per heavy atom. The SMILES string of the molecule is Cc1cc(C)c(NCCC(=O)NCC2CCCO2)c(C)c1. The lowest BCUT2D eigenvalue weighted by Crippen LogP contribution is -2.32. The number of aryl methyl sites for hydroxylation is 3. The Balaban J connectivity index is 1.72. The van der Waals surface area contributed by atoms with E-state index in [1.54, 1.807) is 0 Å². The molecule has 1 aromatic carbocycles. The molecule has 4 heteroatoms. The number of amides is 1. The molecule has 1 amide bonds. The number of nitrogens with one attached hydrogen (secondary N) is 2. The van der Waals surface area contributed by atoms with Crippen molar-refractivity contribution in [1.82, 2.24) is 5.32 Å². The minimum atomic E-state index is 0.0837. The van der Waals surface area contributed by atoms with E-state index in [1.165, 1.54) is 16.7 Å². The van der Waals surface area contributed by atoms with E-state index < -0.39 is 0 Å². The summed E-state index contributed by atoms with van der Waals surface area (Å²) < 4.78 is 5.49. The van der Waals surface area contributed by atoms with Crippen LogP contribution in [0.4, 0.5) is 5.69 Å². The number of ether oxygens (including phenoxy) is 1. The number of benzene rings is 1. The summed E-state index contributed by atoms with van der Waals surface area (Å²) in [5, 5.41) is 6.32. The highest BCUT2D eigenvalue weighted by molar-refractivity contribution is 5.76. The third-order valence-corrected chi connectivity index (χ3v) is 3.88. The van der Waals surface area contributed by atoms with Crippen LogP contribution in [0.3, 0.4) is 0 Å². The van der Waals surface area contributed by atoms with Crippen molar-refractivity contribution in [2.45, 2.75) is 46.1 Å². The maximum atomic E-state index is 11.8. The molecular weight excluding hydrogens is 264 g/mol. The summed E-state index contributed by atoms with van der Waals surface area (Å²) >= 11 is 0. The van der Waals surface area contributed by atoms with Crippen LogP contribution in [0.5, 0.6) is 0 Å². The fraction of sp³-hybridized carbons (Fsp3) is 0.588. The lowest BCUT2D eigenvalue weighted by atomic mass is 10.1. The van der Waals surface area contributed by atoms with Crippen molar-refractivity contribution in [3.05, 3.63) is 28.8 Å². The Bertz CT molecular complexity index is 471. The molecule has 0 spiro atoms. The predicted octanol–water partition coefficient (Wildman–Crippen LogP) is 2.71. The van der Waals surface area contributed by atoms with Crippen molar-refractivity contribution < 1.29 is 9.53 Å². The van der Waals surface area contributed by atoms with Crippen molar-refractivity contribution in [1.29, 1.82) is 0 Å². The Morgan fingerprint density at radius 1 is 1.29 bits per heavy atom. The van der Waals surface area contributed by atoms with Gasteiger partial charge in [-0.3, -0.25) is 4.79 Å². The Morgan fingerprint density at radius 2 is 2.00 bits per heavy atom. The van der Waals surface area contributed by atoms with Crippen LogP contribution in [0.15, 0.2) is 12.1 Å². The van der Waals surface area contributed by atoms with E-state index in [2.05, 4.69) is 43.5 Å². The predicted molar refractivity (Wildman–Crippen MR) is 85.7 cm³/mol. The van der Waals surface area contributed by atoms with Gasteiger partial charge >= 0.3 is 0 Å². The van der Waals surface area contributed by atoms with Gasteiger partial charge in [-0.1, -0.05) is 17.7 Å². The average Bonchev–Trinajstić information content (AvgIpc) is 2.92. The third-order valence-electron chi connectivity index (χ3n) is 3.88. The first-order valence-corrected chi connectivity index (χ1v) is 7.76. The number of anilines is 1. The van der Waals surface area contributed by atoms with Gasteiger partial charge in [-0.25, -0.2) is 0 Å². The van der Waals surface area contributed by atoms with Crippen LogP contribution in [-0.4, -0.2) is 31.7 Å². The van der Waals surface area contributed by atoms with E-state index in [0.29, 0.717) is 19.5 Å². The van der Waals surface area contributed by atoms with Crippen molar-refractivity contribution in [3.8, 4) is 0 Å². The fourth-order valence-electron chi connectivity index (χ4n) is 2.88. The minimum Gasteiger partial charge on any atom is -0.384 e. The minimum absolute atomic E-state index is 0.0837. The van der Waals surface area contributed by atoms with Gasteiger partial charge in [0.2, 0.25) is 5.91 Å². The quantitative estimate of drug-likeness (QED) is 0.847. The summed E-state index contributed by atoms with van der Waals surface area (Å²) in [4.78, 5) is 11.8. The maximum Gasteiger partial charge on any atom is 0.221 e. The van der Waals surface area contributed by atoms with Gasteiger partial charge < -0.3 is 15.4 Å². The third kappa shape index (κ3) is 4.74. The number of carbonyl (C=O) groups excluding carboxylic acids is 1. The molecule has 1 aliphatic heterocycles. The first-order valence-electron chi connectivity index (χ1n) is 7.76. The molecule has 2 rings (SSSR count). The van der Waals surface area contributed by atoms with E-state index in [0.717, 1.165) is 25.1 Å². The molecule has 0 bridgehead atoms. The summed E-state index contributed by atoms with van der Waals surface area (Å²) in [6, 6.07) is 4.32. The van der Waals surface area contributed by atoms with Gasteiger partial charge in [-0.15, -0.1) is 0 Å². The molecule has 2 N–H and O–H groups in total. The molecule has 1 fully saturated rings. The molecule has 1 aromatic rings. The van der Waals surface area contributed by atoms with Gasteiger partial charge in [0.1, 0.15) is 0 Å². The molecule has 4 nitrogen and oxygen atoms in total. The largest absolute Gasteiger partial charge is 0.384 e. The Labute approximate surface area is 127 Å².